The number of primary amides is 1. The molecule has 0 atom stereocenters. The van der Waals surface area contributed by atoms with E-state index in [4.69, 9.17) is 24.9 Å². The largest absolute Gasteiger partial charge is 0.494 e. The Balaban J connectivity index is 1.45. The van der Waals surface area contributed by atoms with Crippen LogP contribution in [-0.4, -0.2) is 40.8 Å². The first-order valence-corrected chi connectivity index (χ1v) is 10.4. The lowest BCUT2D eigenvalue weighted by Gasteiger charge is -2.32. The van der Waals surface area contributed by atoms with Gasteiger partial charge in [0.2, 0.25) is 0 Å². The molecule has 2 fully saturated rings. The monoisotopic (exact) mass is 399 g/mol. The first-order valence-electron chi connectivity index (χ1n) is 10.4. The Hall–Kier alpha value is -2.06. The molecule has 8 heteroatoms. The van der Waals surface area contributed by atoms with E-state index >= 15 is 0 Å². The van der Waals surface area contributed by atoms with Crippen LogP contribution in [0.15, 0.2) is 24.4 Å². The molecule has 0 radical (unpaired) electrons. The average molecular weight is 399 g/mol. The van der Waals surface area contributed by atoms with Crippen LogP contribution in [0.25, 0.3) is 10.9 Å². The molecule has 4 rings (SSSR count). The van der Waals surface area contributed by atoms with Gasteiger partial charge in [-0.15, -0.1) is 0 Å². The molecule has 1 aromatic heterocycles. The van der Waals surface area contributed by atoms with Gasteiger partial charge in [-0.25, -0.2) is 4.79 Å². The van der Waals surface area contributed by atoms with Crippen LogP contribution in [0.5, 0.6) is 0 Å². The molecule has 1 saturated heterocycles. The molecule has 0 bridgehead atoms. The molecule has 1 amide bonds. The van der Waals surface area contributed by atoms with Crippen LogP contribution in [-0.2, 0) is 14.0 Å². The predicted molar refractivity (Wildman–Crippen MR) is 112 cm³/mol. The van der Waals surface area contributed by atoms with Crippen LogP contribution in [0.1, 0.15) is 59.4 Å². The van der Waals surface area contributed by atoms with Gasteiger partial charge in [0.05, 0.1) is 29.4 Å². The lowest BCUT2D eigenvalue weighted by atomic mass is 9.79. The van der Waals surface area contributed by atoms with E-state index in [0.717, 1.165) is 42.0 Å². The maximum absolute atomic E-state index is 10.8. The summed E-state index contributed by atoms with van der Waals surface area (Å²) in [5, 5.41) is 5.88. The van der Waals surface area contributed by atoms with Crippen LogP contribution in [0, 0.1) is 5.92 Å². The van der Waals surface area contributed by atoms with E-state index in [2.05, 4.69) is 44.6 Å². The van der Waals surface area contributed by atoms with Crippen molar-refractivity contribution in [2.24, 2.45) is 11.7 Å². The number of hydrogen-bond donors (Lipinski definition) is 1. The summed E-state index contributed by atoms with van der Waals surface area (Å²) in [4.78, 5) is 10.8. The zero-order chi connectivity index (χ0) is 20.8. The fraction of sp³-hybridized carbons (Fsp3) is 0.619. The molecule has 2 heterocycles. The van der Waals surface area contributed by atoms with Gasteiger partial charge in [-0.1, -0.05) is 12.1 Å². The number of ether oxygens (including phenoxy) is 1. The van der Waals surface area contributed by atoms with Crippen molar-refractivity contribution in [3.8, 4) is 0 Å². The highest BCUT2D eigenvalue weighted by Gasteiger charge is 2.51. The number of amides is 1. The molecule has 1 aromatic carbocycles. The second-order valence-electron chi connectivity index (χ2n) is 9.32. The van der Waals surface area contributed by atoms with E-state index in [1.165, 1.54) is 0 Å². The predicted octanol–water partition coefficient (Wildman–Crippen LogP) is 3.16. The van der Waals surface area contributed by atoms with Crippen molar-refractivity contribution in [2.45, 2.75) is 70.6 Å². The summed E-state index contributed by atoms with van der Waals surface area (Å²) in [7, 11) is -0.367. The average Bonchev–Trinajstić information content (AvgIpc) is 3.17. The van der Waals surface area contributed by atoms with Gasteiger partial charge < -0.3 is 19.8 Å². The number of hydrogen-bond acceptors (Lipinski definition) is 5. The minimum atomic E-state index is -0.691. The number of carbonyl (C=O) groups excluding carboxylic acids is 1. The number of aromatic nitrogens is 2. The third-order valence-electron chi connectivity index (χ3n) is 6.72. The molecule has 2 aliphatic rings. The van der Waals surface area contributed by atoms with Crippen LogP contribution in [0.2, 0.25) is 0 Å². The molecular formula is C21H30BN3O4. The second kappa shape index (κ2) is 7.33. The Morgan fingerprint density at radius 3 is 2.48 bits per heavy atom. The number of nitrogens with zero attached hydrogens (tertiary/aromatic N) is 2. The lowest BCUT2D eigenvalue weighted by molar-refractivity contribution is 0.00578. The van der Waals surface area contributed by atoms with Crippen molar-refractivity contribution in [3.63, 3.8) is 0 Å². The molecule has 1 saturated carbocycles. The van der Waals surface area contributed by atoms with Crippen LogP contribution < -0.4 is 11.2 Å². The van der Waals surface area contributed by atoms with Gasteiger partial charge in [-0.05, 0) is 70.8 Å². The van der Waals surface area contributed by atoms with E-state index in [1.807, 2.05) is 12.1 Å². The van der Waals surface area contributed by atoms with Crippen LogP contribution in [0.3, 0.4) is 0 Å². The number of benzene rings is 1. The maximum Gasteiger partial charge on any atom is 0.494 e. The van der Waals surface area contributed by atoms with Crippen LogP contribution in [0.4, 0.5) is 4.79 Å². The van der Waals surface area contributed by atoms with E-state index in [0.29, 0.717) is 18.6 Å². The van der Waals surface area contributed by atoms with Gasteiger partial charge in [-0.2, -0.15) is 5.10 Å². The fourth-order valence-corrected chi connectivity index (χ4v) is 4.15. The molecule has 156 valence electrons. The molecule has 1 aliphatic carbocycles. The summed E-state index contributed by atoms with van der Waals surface area (Å²) < 4.78 is 19.4. The van der Waals surface area contributed by atoms with Crippen molar-refractivity contribution >= 4 is 29.6 Å². The van der Waals surface area contributed by atoms with E-state index in [9.17, 15) is 4.79 Å². The van der Waals surface area contributed by atoms with Gasteiger partial charge in [0.1, 0.15) is 0 Å². The van der Waals surface area contributed by atoms with Gasteiger partial charge in [0.25, 0.3) is 0 Å². The van der Waals surface area contributed by atoms with E-state index < -0.39 is 6.09 Å². The summed E-state index contributed by atoms with van der Waals surface area (Å²) >= 11 is 0. The Morgan fingerprint density at radius 1 is 1.21 bits per heavy atom. The molecule has 1 aliphatic heterocycles. The summed E-state index contributed by atoms with van der Waals surface area (Å²) in [6.07, 6.45) is 5.48. The Morgan fingerprint density at radius 2 is 1.86 bits per heavy atom. The summed E-state index contributed by atoms with van der Waals surface area (Å²) in [5.41, 5.74) is 6.35. The van der Waals surface area contributed by atoms with Crippen molar-refractivity contribution in [2.75, 3.05) is 6.61 Å². The van der Waals surface area contributed by atoms with Crippen molar-refractivity contribution in [1.82, 2.24) is 9.78 Å². The molecule has 0 unspecified atom stereocenters. The zero-order valence-electron chi connectivity index (χ0n) is 17.7. The maximum atomic E-state index is 10.8. The topological polar surface area (TPSA) is 88.6 Å². The summed E-state index contributed by atoms with van der Waals surface area (Å²) in [5.74, 6) is 0.388. The third kappa shape index (κ3) is 4.01. The second-order valence-corrected chi connectivity index (χ2v) is 9.32. The summed E-state index contributed by atoms with van der Waals surface area (Å²) in [6, 6.07) is 6.57. The number of rotatable bonds is 4. The number of nitrogens with two attached hydrogens (primary N) is 1. The van der Waals surface area contributed by atoms with Crippen molar-refractivity contribution < 1.29 is 18.8 Å². The van der Waals surface area contributed by atoms with Gasteiger partial charge in [0, 0.05) is 11.6 Å². The number of carbonyl (C=O) groups is 1. The van der Waals surface area contributed by atoms with E-state index in [-0.39, 0.29) is 18.3 Å². The first kappa shape index (κ1) is 20.2. The normalized spacial score (nSPS) is 26.0. The SMILES string of the molecule is CC1(C)OB(c2ccc3nn(C4CCC(COC(N)=O)CC4)cc3c2)OC1(C)C. The molecule has 2 aromatic rings. The quantitative estimate of drug-likeness (QED) is 0.798. The molecule has 7 nitrogen and oxygen atoms in total. The Bertz CT molecular complexity index is 886. The van der Waals surface area contributed by atoms with Gasteiger partial charge in [-0.3, -0.25) is 4.68 Å². The van der Waals surface area contributed by atoms with Gasteiger partial charge in [0.15, 0.2) is 0 Å². The van der Waals surface area contributed by atoms with Crippen LogP contribution >= 0.6 is 0 Å². The van der Waals surface area contributed by atoms with Gasteiger partial charge >= 0.3 is 13.2 Å². The molecular weight excluding hydrogens is 369 g/mol. The highest BCUT2D eigenvalue weighted by atomic mass is 16.7. The third-order valence-corrected chi connectivity index (χ3v) is 6.72. The Labute approximate surface area is 172 Å². The van der Waals surface area contributed by atoms with Crippen molar-refractivity contribution in [3.05, 3.63) is 24.4 Å². The first-order chi connectivity index (χ1) is 13.6. The standard InChI is InChI=1S/C21H30BN3O4/c1-20(2)21(3,4)29-22(28-20)16-7-10-18-15(11-16)12-25(24-18)17-8-5-14(6-9-17)13-27-19(23)26/h7,10-12,14,17H,5-6,8-9,13H2,1-4H3,(H2,23,26). The minimum Gasteiger partial charge on any atom is -0.449 e. The smallest absolute Gasteiger partial charge is 0.449 e. The molecule has 2 N–H and O–H groups in total. The lowest BCUT2D eigenvalue weighted by Crippen LogP contribution is -2.41. The number of fused-ring (bicyclic) bond motifs is 1. The highest BCUT2D eigenvalue weighted by Crippen LogP contribution is 2.37. The Kier molecular flexibility index (Phi) is 5.11. The minimum absolute atomic E-state index is 0.354. The molecule has 0 spiro atoms. The highest BCUT2D eigenvalue weighted by molar-refractivity contribution is 6.62. The van der Waals surface area contributed by atoms with E-state index in [1.54, 1.807) is 0 Å². The zero-order valence-corrected chi connectivity index (χ0v) is 17.7. The van der Waals surface area contributed by atoms with Crippen molar-refractivity contribution in [1.29, 1.82) is 0 Å². The fourth-order valence-electron chi connectivity index (χ4n) is 4.15. The summed E-state index contributed by atoms with van der Waals surface area (Å²) in [6.45, 7) is 8.67. The molecule has 29 heavy (non-hydrogen) atoms.